The third-order valence-electron chi connectivity index (χ3n) is 1.78. The molecule has 1 rings (SSSR count). The van der Waals surface area contributed by atoms with Crippen LogP contribution in [0.4, 0.5) is 22.0 Å². The third kappa shape index (κ3) is 1.94. The number of hydrogen-bond acceptors (Lipinski definition) is 0. The maximum Gasteiger partial charge on any atom is 0.458 e. The number of rotatable bonds is 1. The van der Waals surface area contributed by atoms with Crippen molar-refractivity contribution in [3.63, 3.8) is 0 Å². The van der Waals surface area contributed by atoms with Gasteiger partial charge in [-0.05, 0) is 6.07 Å². The second-order valence-corrected chi connectivity index (χ2v) is 2.76. The van der Waals surface area contributed by atoms with Gasteiger partial charge in [-0.15, -0.1) is 6.42 Å². The van der Waals surface area contributed by atoms with Crippen molar-refractivity contribution in [2.75, 3.05) is 0 Å². The maximum absolute atomic E-state index is 12.9. The van der Waals surface area contributed by atoms with Crippen LogP contribution < -0.4 is 0 Å². The van der Waals surface area contributed by atoms with E-state index in [1.54, 1.807) is 5.92 Å². The van der Waals surface area contributed by atoms with Gasteiger partial charge in [0.2, 0.25) is 0 Å². The Bertz CT molecular complexity index is 397. The highest BCUT2D eigenvalue weighted by Crippen LogP contribution is 2.44. The van der Waals surface area contributed by atoms with Crippen LogP contribution in [0, 0.1) is 12.3 Å². The van der Waals surface area contributed by atoms with Gasteiger partial charge in [-0.1, -0.05) is 24.1 Å². The molecule has 0 aromatic heterocycles. The molecule has 15 heavy (non-hydrogen) atoms. The molecule has 0 saturated carbocycles. The Labute approximate surface area is 82.7 Å². The predicted octanol–water partition coefficient (Wildman–Crippen LogP) is 3.32. The lowest BCUT2D eigenvalue weighted by molar-refractivity contribution is -0.289. The monoisotopic (exact) mass is 220 g/mol. The molecule has 5 heteroatoms. The maximum atomic E-state index is 12.9. The van der Waals surface area contributed by atoms with Crippen LogP contribution in [0.15, 0.2) is 24.3 Å². The molecular formula is C10H5F5. The molecule has 0 aliphatic heterocycles. The fraction of sp³-hybridized carbons (Fsp3) is 0.200. The van der Waals surface area contributed by atoms with Gasteiger partial charge in [-0.3, -0.25) is 0 Å². The molecule has 0 heterocycles. The zero-order chi connectivity index (χ0) is 11.7. The summed E-state index contributed by atoms with van der Waals surface area (Å²) in [7, 11) is 0. The number of hydrogen-bond donors (Lipinski definition) is 0. The minimum absolute atomic E-state index is 0.458. The van der Waals surface area contributed by atoms with Crippen LogP contribution in [-0.2, 0) is 5.92 Å². The van der Waals surface area contributed by atoms with Crippen LogP contribution >= 0.6 is 0 Å². The van der Waals surface area contributed by atoms with E-state index in [2.05, 4.69) is 0 Å². The first-order chi connectivity index (χ1) is 6.80. The van der Waals surface area contributed by atoms with Crippen LogP contribution in [0.2, 0.25) is 0 Å². The molecule has 1 aromatic rings. The first-order valence-corrected chi connectivity index (χ1v) is 3.81. The second-order valence-electron chi connectivity index (χ2n) is 2.76. The van der Waals surface area contributed by atoms with Crippen molar-refractivity contribution in [1.29, 1.82) is 0 Å². The van der Waals surface area contributed by atoms with Gasteiger partial charge in [-0.25, -0.2) is 0 Å². The summed E-state index contributed by atoms with van der Waals surface area (Å²) in [6.07, 6.45) is -0.799. The Hall–Kier alpha value is -1.57. The van der Waals surface area contributed by atoms with Crippen LogP contribution in [0.5, 0.6) is 0 Å². The van der Waals surface area contributed by atoms with Crippen molar-refractivity contribution in [1.82, 2.24) is 0 Å². The molecule has 0 atom stereocenters. The molecule has 0 fully saturated rings. The topological polar surface area (TPSA) is 0 Å². The number of halogens is 5. The molecule has 0 unspecified atom stereocenters. The molecule has 0 radical (unpaired) electrons. The van der Waals surface area contributed by atoms with E-state index in [9.17, 15) is 22.0 Å². The lowest BCUT2D eigenvalue weighted by Crippen LogP contribution is -2.34. The summed E-state index contributed by atoms with van der Waals surface area (Å²) in [6.45, 7) is 0. The van der Waals surface area contributed by atoms with Crippen molar-refractivity contribution < 1.29 is 22.0 Å². The van der Waals surface area contributed by atoms with E-state index in [4.69, 9.17) is 6.42 Å². The molecule has 0 saturated heterocycles. The van der Waals surface area contributed by atoms with Crippen molar-refractivity contribution in [2.24, 2.45) is 0 Å². The molecule has 0 N–H and O–H groups in total. The van der Waals surface area contributed by atoms with Gasteiger partial charge < -0.3 is 0 Å². The highest BCUT2D eigenvalue weighted by molar-refractivity contribution is 5.42. The summed E-state index contributed by atoms with van der Waals surface area (Å²) in [5, 5.41) is 0. The Morgan fingerprint density at radius 3 is 2.00 bits per heavy atom. The predicted molar refractivity (Wildman–Crippen MR) is 44.3 cm³/mol. The molecule has 0 amide bonds. The largest absolute Gasteiger partial charge is 0.458 e. The van der Waals surface area contributed by atoms with Gasteiger partial charge >= 0.3 is 12.1 Å². The Morgan fingerprint density at radius 2 is 1.53 bits per heavy atom. The lowest BCUT2D eigenvalue weighted by Gasteiger charge is -2.20. The lowest BCUT2D eigenvalue weighted by atomic mass is 10.0. The zero-order valence-corrected chi connectivity index (χ0v) is 7.28. The third-order valence-corrected chi connectivity index (χ3v) is 1.78. The van der Waals surface area contributed by atoms with E-state index in [-0.39, 0.29) is 0 Å². The van der Waals surface area contributed by atoms with Gasteiger partial charge in [0.1, 0.15) is 0 Å². The van der Waals surface area contributed by atoms with Gasteiger partial charge in [0, 0.05) is 11.1 Å². The average molecular weight is 220 g/mol. The van der Waals surface area contributed by atoms with Gasteiger partial charge in [0.05, 0.1) is 0 Å². The van der Waals surface area contributed by atoms with Gasteiger partial charge in [0.25, 0.3) is 0 Å². The fourth-order valence-electron chi connectivity index (χ4n) is 1.04. The summed E-state index contributed by atoms with van der Waals surface area (Å²) in [4.78, 5) is 0. The van der Waals surface area contributed by atoms with E-state index in [1.807, 2.05) is 0 Å². The summed E-state index contributed by atoms with van der Waals surface area (Å²) < 4.78 is 61.8. The van der Waals surface area contributed by atoms with Crippen LogP contribution in [-0.4, -0.2) is 6.18 Å². The van der Waals surface area contributed by atoms with Gasteiger partial charge in [-0.2, -0.15) is 22.0 Å². The average Bonchev–Trinajstić information content (AvgIpc) is 2.16. The molecule has 0 bridgehead atoms. The van der Waals surface area contributed by atoms with Crippen LogP contribution in [0.25, 0.3) is 0 Å². The molecule has 0 aliphatic rings. The Morgan fingerprint density at radius 1 is 1.00 bits per heavy atom. The fourth-order valence-corrected chi connectivity index (χ4v) is 1.04. The Kier molecular flexibility index (Phi) is 2.71. The van der Waals surface area contributed by atoms with E-state index in [1.165, 1.54) is 6.07 Å². The number of terminal acetylenes is 1. The van der Waals surface area contributed by atoms with E-state index >= 15 is 0 Å². The highest BCUT2D eigenvalue weighted by atomic mass is 19.4. The van der Waals surface area contributed by atoms with Gasteiger partial charge in [0.15, 0.2) is 0 Å². The van der Waals surface area contributed by atoms with Crippen molar-refractivity contribution in [3.8, 4) is 12.3 Å². The van der Waals surface area contributed by atoms with Crippen molar-refractivity contribution in [3.05, 3.63) is 35.4 Å². The Balaban J connectivity index is 3.34. The highest BCUT2D eigenvalue weighted by Gasteiger charge is 2.59. The molecule has 0 aliphatic carbocycles. The SMILES string of the molecule is C#Cc1ccccc1C(F)(F)C(F)(F)F. The minimum atomic E-state index is -5.64. The normalized spacial score (nSPS) is 12.3. The van der Waals surface area contributed by atoms with Crippen molar-refractivity contribution in [2.45, 2.75) is 12.1 Å². The number of alkyl halides is 5. The summed E-state index contributed by atoms with van der Waals surface area (Å²) in [6, 6.07) is 4.08. The summed E-state index contributed by atoms with van der Waals surface area (Å²) in [5.74, 6) is -3.13. The van der Waals surface area contributed by atoms with Crippen LogP contribution in [0.1, 0.15) is 11.1 Å². The first kappa shape index (κ1) is 11.5. The molecular weight excluding hydrogens is 215 g/mol. The van der Waals surface area contributed by atoms with E-state index in [0.29, 0.717) is 6.07 Å². The molecule has 0 spiro atoms. The standard InChI is InChI=1S/C10H5F5/c1-2-7-5-3-4-6-8(7)9(11,12)10(13,14)15/h1,3-6H. The first-order valence-electron chi connectivity index (χ1n) is 3.81. The smallest absolute Gasteiger partial charge is 0.191 e. The van der Waals surface area contributed by atoms with E-state index in [0.717, 1.165) is 12.1 Å². The molecule has 1 aromatic carbocycles. The summed E-state index contributed by atoms with van der Waals surface area (Å²) >= 11 is 0. The summed E-state index contributed by atoms with van der Waals surface area (Å²) in [5.41, 5.74) is -1.65. The van der Waals surface area contributed by atoms with Crippen molar-refractivity contribution >= 4 is 0 Å². The van der Waals surface area contributed by atoms with Crippen LogP contribution in [0.3, 0.4) is 0 Å². The minimum Gasteiger partial charge on any atom is -0.191 e. The number of benzene rings is 1. The molecule has 80 valence electrons. The quantitative estimate of drug-likeness (QED) is 0.503. The van der Waals surface area contributed by atoms with E-state index < -0.39 is 23.2 Å². The zero-order valence-electron chi connectivity index (χ0n) is 7.28. The second kappa shape index (κ2) is 3.54. The molecule has 0 nitrogen and oxygen atoms in total.